The highest BCUT2D eigenvalue weighted by Gasteiger charge is 2.30. The molecule has 1 aliphatic rings. The Bertz CT molecular complexity index is 809. The van der Waals surface area contributed by atoms with Gasteiger partial charge in [0, 0.05) is 11.3 Å². The second kappa shape index (κ2) is 7.39. The summed E-state index contributed by atoms with van der Waals surface area (Å²) in [7, 11) is 1.65. The molecule has 134 valence electrons. The lowest BCUT2D eigenvalue weighted by molar-refractivity contribution is -0.138. The first-order chi connectivity index (χ1) is 11.9. The zero-order valence-electron chi connectivity index (χ0n) is 14.2. The van der Waals surface area contributed by atoms with Crippen LogP contribution in [0.5, 0.6) is 5.75 Å². The van der Waals surface area contributed by atoms with Crippen LogP contribution < -0.4 is 10.1 Å². The van der Waals surface area contributed by atoms with Crippen LogP contribution in [0.2, 0.25) is 0 Å². The molecule has 0 radical (unpaired) electrons. The summed E-state index contributed by atoms with van der Waals surface area (Å²) in [6.45, 7) is 4.58. The van der Waals surface area contributed by atoms with Gasteiger partial charge in [0.15, 0.2) is 0 Å². The molecule has 0 spiro atoms. The van der Waals surface area contributed by atoms with Crippen molar-refractivity contribution in [2.24, 2.45) is 0 Å². The summed E-state index contributed by atoms with van der Waals surface area (Å²) in [4.78, 5) is 11.1. The fraction of sp³-hybridized carbons (Fsp3) is 0.412. The van der Waals surface area contributed by atoms with Crippen LogP contribution in [0.1, 0.15) is 27.9 Å². The van der Waals surface area contributed by atoms with Crippen molar-refractivity contribution in [1.82, 2.24) is 15.1 Å². The molecule has 1 saturated heterocycles. The van der Waals surface area contributed by atoms with Gasteiger partial charge in [0.2, 0.25) is 0 Å². The SMILES string of the molecule is COc1ccc([C@H]2N[C@H](C(=O)O)CS2)cc1Cn1nc(C)c(Br)c1C. The van der Waals surface area contributed by atoms with Gasteiger partial charge in [-0.1, -0.05) is 6.07 Å². The number of carboxylic acids is 1. The summed E-state index contributed by atoms with van der Waals surface area (Å²) in [5.74, 6) is 0.549. The average molecular weight is 426 g/mol. The minimum absolute atomic E-state index is 0.0297. The first-order valence-corrected chi connectivity index (χ1v) is 9.71. The highest BCUT2D eigenvalue weighted by molar-refractivity contribution is 9.10. The maximum Gasteiger partial charge on any atom is 0.321 e. The number of aliphatic carboxylic acids is 1. The minimum Gasteiger partial charge on any atom is -0.496 e. The van der Waals surface area contributed by atoms with Gasteiger partial charge >= 0.3 is 5.97 Å². The maximum absolute atomic E-state index is 11.1. The van der Waals surface area contributed by atoms with Gasteiger partial charge in [-0.05, 0) is 47.5 Å². The van der Waals surface area contributed by atoms with Crippen LogP contribution in [0.25, 0.3) is 0 Å². The lowest BCUT2D eigenvalue weighted by Crippen LogP contribution is -2.33. The number of aryl methyl sites for hydroxylation is 1. The Hall–Kier alpha value is -1.51. The fourth-order valence-corrected chi connectivity index (χ4v) is 4.39. The quantitative estimate of drug-likeness (QED) is 0.766. The number of carboxylic acid groups (broad SMARTS) is 1. The number of thioether (sulfide) groups is 1. The van der Waals surface area contributed by atoms with Crippen molar-refractivity contribution in [3.8, 4) is 5.75 Å². The highest BCUT2D eigenvalue weighted by Crippen LogP contribution is 2.35. The van der Waals surface area contributed by atoms with Crippen molar-refractivity contribution in [2.45, 2.75) is 31.8 Å². The first kappa shape index (κ1) is 18.3. The summed E-state index contributed by atoms with van der Waals surface area (Å²) in [6, 6.07) is 5.47. The van der Waals surface area contributed by atoms with E-state index in [4.69, 9.17) is 9.84 Å². The molecule has 0 amide bonds. The Labute approximate surface area is 159 Å². The Balaban J connectivity index is 1.88. The third-order valence-electron chi connectivity index (χ3n) is 4.30. The molecule has 2 heterocycles. The van der Waals surface area contributed by atoms with Gasteiger partial charge in [0.1, 0.15) is 11.8 Å². The van der Waals surface area contributed by atoms with Crippen LogP contribution in [0.3, 0.4) is 0 Å². The molecule has 1 aromatic heterocycles. The summed E-state index contributed by atoms with van der Waals surface area (Å²) in [5.41, 5.74) is 4.07. The number of rotatable bonds is 5. The molecule has 2 atom stereocenters. The van der Waals surface area contributed by atoms with Crippen molar-refractivity contribution in [1.29, 1.82) is 0 Å². The number of benzene rings is 1. The highest BCUT2D eigenvalue weighted by atomic mass is 79.9. The van der Waals surface area contributed by atoms with E-state index in [1.807, 2.05) is 30.7 Å². The van der Waals surface area contributed by atoms with E-state index in [1.165, 1.54) is 0 Å². The predicted molar refractivity (Wildman–Crippen MR) is 101 cm³/mol. The van der Waals surface area contributed by atoms with Gasteiger partial charge in [-0.25, -0.2) is 0 Å². The molecule has 0 bridgehead atoms. The van der Waals surface area contributed by atoms with Crippen molar-refractivity contribution in [3.63, 3.8) is 0 Å². The number of aromatic nitrogens is 2. The van der Waals surface area contributed by atoms with Crippen LogP contribution in [-0.2, 0) is 11.3 Å². The first-order valence-electron chi connectivity index (χ1n) is 7.87. The largest absolute Gasteiger partial charge is 0.496 e. The number of halogens is 1. The summed E-state index contributed by atoms with van der Waals surface area (Å²) >= 11 is 5.16. The molecular formula is C17H20BrN3O3S. The third-order valence-corrected chi connectivity index (χ3v) is 6.72. The maximum atomic E-state index is 11.1. The molecule has 1 fully saturated rings. The summed E-state index contributed by atoms with van der Waals surface area (Å²) in [6.07, 6.45) is 0. The van der Waals surface area contributed by atoms with Crippen LogP contribution in [0.4, 0.5) is 0 Å². The number of hydrogen-bond donors (Lipinski definition) is 2. The lowest BCUT2D eigenvalue weighted by Gasteiger charge is -2.16. The van der Waals surface area contributed by atoms with Gasteiger partial charge in [0.25, 0.3) is 0 Å². The van der Waals surface area contributed by atoms with Gasteiger partial charge in [-0.2, -0.15) is 5.10 Å². The van der Waals surface area contributed by atoms with Gasteiger partial charge in [0.05, 0.1) is 34.9 Å². The van der Waals surface area contributed by atoms with Gasteiger partial charge in [-0.15, -0.1) is 11.8 Å². The Morgan fingerprint density at radius 3 is 2.84 bits per heavy atom. The number of carbonyl (C=O) groups is 1. The summed E-state index contributed by atoms with van der Waals surface area (Å²) in [5, 5.41) is 16.8. The number of ether oxygens (including phenoxy) is 1. The van der Waals surface area contributed by atoms with Crippen LogP contribution in [-0.4, -0.2) is 39.8 Å². The fourth-order valence-electron chi connectivity index (χ4n) is 2.88. The van der Waals surface area contributed by atoms with E-state index in [2.05, 4.69) is 32.4 Å². The molecule has 6 nitrogen and oxygen atoms in total. The topological polar surface area (TPSA) is 76.4 Å². The van der Waals surface area contributed by atoms with Crippen molar-refractivity contribution < 1.29 is 14.6 Å². The van der Waals surface area contributed by atoms with Crippen LogP contribution in [0.15, 0.2) is 22.7 Å². The lowest BCUT2D eigenvalue weighted by atomic mass is 10.1. The molecule has 2 N–H and O–H groups in total. The predicted octanol–water partition coefficient (Wildman–Crippen LogP) is 3.11. The molecule has 3 rings (SSSR count). The van der Waals surface area contributed by atoms with E-state index in [9.17, 15) is 4.79 Å². The molecule has 2 aromatic rings. The van der Waals surface area contributed by atoms with Gasteiger partial charge < -0.3 is 9.84 Å². The standard InChI is InChI=1S/C17H20BrN3O3S/c1-9-15(18)10(2)21(20-9)7-12-6-11(4-5-14(12)24-3)16-19-13(8-25-16)17(22)23/h4-6,13,16,19H,7-8H2,1-3H3,(H,22,23)/t13-,16-/m0/s1. The Morgan fingerprint density at radius 2 is 2.28 bits per heavy atom. The smallest absolute Gasteiger partial charge is 0.321 e. The van der Waals surface area contributed by atoms with E-state index in [0.29, 0.717) is 12.3 Å². The second-order valence-electron chi connectivity index (χ2n) is 5.98. The van der Waals surface area contributed by atoms with E-state index >= 15 is 0 Å². The molecule has 0 aliphatic carbocycles. The molecule has 8 heteroatoms. The normalized spacial score (nSPS) is 20.0. The van der Waals surface area contributed by atoms with Crippen molar-refractivity contribution in [3.05, 3.63) is 45.2 Å². The average Bonchev–Trinajstić information content (AvgIpc) is 3.17. The second-order valence-corrected chi connectivity index (χ2v) is 7.92. The molecule has 0 unspecified atom stereocenters. The molecule has 1 aliphatic heterocycles. The zero-order chi connectivity index (χ0) is 18.1. The number of nitrogens with one attached hydrogen (secondary N) is 1. The number of nitrogens with zero attached hydrogens (tertiary/aromatic N) is 2. The third kappa shape index (κ3) is 3.70. The van der Waals surface area contributed by atoms with E-state index in [0.717, 1.165) is 32.7 Å². The number of hydrogen-bond acceptors (Lipinski definition) is 5. The van der Waals surface area contributed by atoms with E-state index in [-0.39, 0.29) is 5.37 Å². The minimum atomic E-state index is -0.809. The molecule has 1 aromatic carbocycles. The van der Waals surface area contributed by atoms with Gasteiger partial charge in [-0.3, -0.25) is 14.8 Å². The zero-order valence-corrected chi connectivity index (χ0v) is 16.6. The Kier molecular flexibility index (Phi) is 5.41. The summed E-state index contributed by atoms with van der Waals surface area (Å²) < 4.78 is 8.45. The van der Waals surface area contributed by atoms with Crippen LogP contribution in [0, 0.1) is 13.8 Å². The molecule has 25 heavy (non-hydrogen) atoms. The van der Waals surface area contributed by atoms with Crippen LogP contribution >= 0.6 is 27.7 Å². The van der Waals surface area contributed by atoms with E-state index < -0.39 is 12.0 Å². The van der Waals surface area contributed by atoms with Crippen molar-refractivity contribution >= 4 is 33.7 Å². The van der Waals surface area contributed by atoms with Crippen molar-refractivity contribution in [2.75, 3.05) is 12.9 Å². The molecular weight excluding hydrogens is 406 g/mol. The van der Waals surface area contributed by atoms with E-state index in [1.54, 1.807) is 18.9 Å². The number of methoxy groups -OCH3 is 1. The monoisotopic (exact) mass is 425 g/mol. The Morgan fingerprint density at radius 1 is 1.52 bits per heavy atom. The molecule has 0 saturated carbocycles.